The highest BCUT2D eigenvalue weighted by molar-refractivity contribution is 6.63. The number of aryl methyl sites for hydroxylation is 3. The van der Waals surface area contributed by atoms with Crippen LogP contribution in [0.2, 0.25) is 0 Å². The van der Waals surface area contributed by atoms with Crippen LogP contribution in [0, 0.1) is 22.7 Å². The fourth-order valence-electron chi connectivity index (χ4n) is 12.0. The van der Waals surface area contributed by atoms with Crippen LogP contribution in [-0.4, -0.2) is 110 Å². The van der Waals surface area contributed by atoms with E-state index in [1.807, 2.05) is 80.6 Å². The van der Waals surface area contributed by atoms with Gasteiger partial charge < -0.3 is 40.0 Å². The lowest BCUT2D eigenvalue weighted by molar-refractivity contribution is -0.118. The molecule has 1 amide bonds. The van der Waals surface area contributed by atoms with Crippen molar-refractivity contribution in [3.05, 3.63) is 196 Å². The van der Waals surface area contributed by atoms with Crippen LogP contribution in [0.25, 0.3) is 34.0 Å². The summed E-state index contributed by atoms with van der Waals surface area (Å²) in [5.41, 5.74) is 17.9. The molecule has 0 saturated heterocycles. The molecule has 10 rings (SSSR count). The van der Waals surface area contributed by atoms with Gasteiger partial charge in [-0.25, -0.2) is 10.3 Å². The van der Waals surface area contributed by atoms with Crippen molar-refractivity contribution in [3.8, 4) is 34.0 Å². The number of aromatic nitrogens is 3. The van der Waals surface area contributed by atoms with E-state index in [1.165, 1.54) is 66.3 Å². The number of aliphatic hydroxyl groups is 1. The summed E-state index contributed by atoms with van der Waals surface area (Å²) in [5, 5.41) is 38.2. The number of carboxylic acids is 1. The Morgan fingerprint density at radius 1 is 0.469 bits per heavy atom. The maximum atomic E-state index is 12.4. The molecule has 2 aliphatic carbocycles. The second-order valence-electron chi connectivity index (χ2n) is 29.3. The molecule has 3 heterocycles. The molecule has 3 aromatic heterocycles. The number of amides is 1. The lowest BCUT2D eigenvalue weighted by Gasteiger charge is -2.27. The van der Waals surface area contributed by atoms with Crippen molar-refractivity contribution in [2.75, 3.05) is 27.2 Å². The first-order valence-electron chi connectivity index (χ1n) is 39.5. The van der Waals surface area contributed by atoms with Crippen LogP contribution in [-0.2, 0) is 28.9 Å². The Morgan fingerprint density at radius 2 is 0.770 bits per heavy atom. The molecule has 113 heavy (non-hydrogen) atoms. The number of rotatable bonds is 30. The van der Waals surface area contributed by atoms with Gasteiger partial charge in [0.25, 0.3) is 5.91 Å². The quantitative estimate of drug-likeness (QED) is 0.0105. The second kappa shape index (κ2) is 55.0. The molecule has 0 spiro atoms. The fraction of sp³-hybridized carbons (Fsp3) is 0.473. The summed E-state index contributed by atoms with van der Waals surface area (Å²) >= 11 is 5.02. The maximum absolute atomic E-state index is 12.4. The summed E-state index contributed by atoms with van der Waals surface area (Å²) in [6.45, 7) is 27.4. The third kappa shape index (κ3) is 38.3. The number of aliphatic hydroxyl groups excluding tert-OH is 1. The largest absolute Gasteiger partial charge is 0.478 e. The van der Waals surface area contributed by atoms with E-state index in [2.05, 4.69) is 69.3 Å². The zero-order valence-corrected chi connectivity index (χ0v) is 70.2. The van der Waals surface area contributed by atoms with E-state index < -0.39 is 5.97 Å². The summed E-state index contributed by atoms with van der Waals surface area (Å²) in [7, 11) is 2.43. The molecule has 5 aromatic carbocycles. The van der Waals surface area contributed by atoms with E-state index in [4.69, 9.17) is 46.3 Å². The molecule has 22 heteroatoms. The molecule has 616 valence electrons. The van der Waals surface area contributed by atoms with E-state index in [-0.39, 0.29) is 57.8 Å². The third-order valence-corrected chi connectivity index (χ3v) is 19.6. The van der Waals surface area contributed by atoms with Crippen LogP contribution >= 0.6 is 11.6 Å². The normalized spacial score (nSPS) is 13.7. The summed E-state index contributed by atoms with van der Waals surface area (Å²) in [6, 6.07) is 40.5. The molecule has 21 nitrogen and oxygen atoms in total. The number of halogens is 1. The number of ketones is 6. The summed E-state index contributed by atoms with van der Waals surface area (Å²) < 4.78 is 16.0. The summed E-state index contributed by atoms with van der Waals surface area (Å²) in [5.74, 6) is 2.52. The molecular formula is C91H125ClN6O15. The highest BCUT2D eigenvalue weighted by Crippen LogP contribution is 2.43. The van der Waals surface area contributed by atoms with Gasteiger partial charge >= 0.3 is 5.97 Å². The zero-order chi connectivity index (χ0) is 84.5. The number of hydroxylamine groups is 1. The average molecular weight is 1580 g/mol. The van der Waals surface area contributed by atoms with Gasteiger partial charge in [0.05, 0.1) is 29.1 Å². The van der Waals surface area contributed by atoms with Crippen LogP contribution in [0.4, 0.5) is 0 Å². The zero-order valence-electron chi connectivity index (χ0n) is 69.4. The SMILES string of the molecule is CC(=O)c1ccc(C(C)=O)cc1.CC1(C)CCCC1CN.CCCCC(=O)CC(=O)c1ccc(C(C)=O)cc1.CCCCC(=O)Cl.CCCCc1cc(-c2ccc(C(=O)NCC3CCCC3(C)C)cc2)on1.CCCCc1cc(-c2ccc(C(=O)O)cc2)on1.CCCCc1cc(-c2ccc(C(C)=O)cc2)on1.CNO.CO. The minimum Gasteiger partial charge on any atom is -0.478 e. The highest BCUT2D eigenvalue weighted by Gasteiger charge is 2.35. The third-order valence-electron chi connectivity index (χ3n) is 19.4. The van der Waals surface area contributed by atoms with E-state index in [1.54, 1.807) is 85.2 Å². The molecule has 0 bridgehead atoms. The van der Waals surface area contributed by atoms with Crippen molar-refractivity contribution in [3.63, 3.8) is 0 Å². The minimum absolute atomic E-state index is 0.000421. The number of hydrogen-bond acceptors (Lipinski definition) is 19. The Hall–Kier alpha value is -9.51. The predicted molar refractivity (Wildman–Crippen MR) is 448 cm³/mol. The van der Waals surface area contributed by atoms with Crippen LogP contribution in [0.15, 0.2) is 153 Å². The molecule has 2 aliphatic rings. The van der Waals surface area contributed by atoms with Crippen molar-refractivity contribution in [2.24, 2.45) is 28.4 Å². The summed E-state index contributed by atoms with van der Waals surface area (Å²) in [6.07, 6.45) is 22.0. The van der Waals surface area contributed by atoms with E-state index in [0.29, 0.717) is 68.7 Å². The van der Waals surface area contributed by atoms with Gasteiger partial charge in [0.1, 0.15) is 5.78 Å². The smallest absolute Gasteiger partial charge is 0.335 e. The molecule has 2 atom stereocenters. The lowest BCUT2D eigenvalue weighted by Crippen LogP contribution is -2.33. The number of carbonyl (C=O) groups excluding carboxylic acids is 8. The number of nitrogens with two attached hydrogens (primary N) is 1. The van der Waals surface area contributed by atoms with Crippen molar-refractivity contribution in [2.45, 2.75) is 231 Å². The number of carbonyl (C=O) groups is 9. The van der Waals surface area contributed by atoms with Crippen molar-refractivity contribution >= 4 is 63.4 Å². The van der Waals surface area contributed by atoms with Gasteiger partial charge in [-0.1, -0.05) is 220 Å². The number of Topliss-reactive ketones (excluding diaryl/α,β-unsaturated/α-hetero) is 6. The van der Waals surface area contributed by atoms with Gasteiger partial charge in [0.2, 0.25) is 5.24 Å². The molecule has 0 radical (unpaired) electrons. The first-order valence-corrected chi connectivity index (χ1v) is 39.9. The van der Waals surface area contributed by atoms with Crippen molar-refractivity contribution in [1.29, 1.82) is 0 Å². The van der Waals surface area contributed by atoms with Crippen LogP contribution in [0.3, 0.4) is 0 Å². The van der Waals surface area contributed by atoms with Crippen LogP contribution in [0.5, 0.6) is 0 Å². The Bertz CT molecular complexity index is 3970. The Kier molecular flexibility index (Phi) is 48.5. The maximum Gasteiger partial charge on any atom is 0.335 e. The number of nitrogens with one attached hydrogen (secondary N) is 2. The number of nitrogens with zero attached hydrogens (tertiary/aromatic N) is 3. The molecule has 2 unspecified atom stereocenters. The van der Waals surface area contributed by atoms with E-state index in [0.717, 1.165) is 155 Å². The molecule has 7 N–H and O–H groups in total. The van der Waals surface area contributed by atoms with E-state index >= 15 is 0 Å². The molecule has 2 fully saturated rings. The van der Waals surface area contributed by atoms with Gasteiger partial charge in [-0.15, -0.1) is 0 Å². The van der Waals surface area contributed by atoms with Gasteiger partial charge in [-0.05, 0) is 170 Å². The average Bonchev–Trinajstić information content (AvgIpc) is 1.76. The number of unbranched alkanes of at least 4 members (excludes halogenated alkanes) is 5. The Morgan fingerprint density at radius 3 is 1.04 bits per heavy atom. The Balaban J connectivity index is 0.000000456. The van der Waals surface area contributed by atoms with Crippen LogP contribution in [0.1, 0.15) is 302 Å². The monoisotopic (exact) mass is 1580 g/mol. The number of carboxylic acid groups (broad SMARTS) is 1. The highest BCUT2D eigenvalue weighted by atomic mass is 35.5. The van der Waals surface area contributed by atoms with Crippen molar-refractivity contribution < 1.29 is 72.1 Å². The van der Waals surface area contributed by atoms with Gasteiger partial charge in [0, 0.05) is 102 Å². The standard InChI is InChI=1S/C22H30N2O2.C15H17NO2.C15H18O3.C14H15NO3.C10H10O2.C8H17N.C5H9ClO.CH5NO.CH4O/c1-4-5-8-19-14-20(26-24-19)16-9-11-17(12-10-16)21(25)23-15-18-7-6-13-22(18,2)3;1-3-4-5-14-10-15(18-16-14)13-8-6-12(7-9-13)11(2)17;1-3-4-5-14(17)10-15(18)13-8-6-12(7-9-13)11(2)16;1-2-3-4-12-9-13(18-15-12)10-5-7-11(8-6-10)14(16)17;1-7(11)9-3-5-10(6-4-9)8(2)12;1-8(2)5-3-4-7(8)6-9;1-2-3-4-5(6)7;1-2-3;1-2/h9-12,14,18H,4-8,13,15H2,1-3H3,(H,23,25);6-10H,3-5H2,1-2H3;6-9H,3-5,10H2,1-2H3;5-9H,2-4H2,1H3,(H,16,17);3-6H,1-2H3;7H,3-6,9H2,1-2H3;2-4H2,1H3;2-3H,1H3;2H,1H3. The summed E-state index contributed by atoms with van der Waals surface area (Å²) in [4.78, 5) is 100. The molecule has 2 saturated carbocycles. The molecule has 8 aromatic rings. The van der Waals surface area contributed by atoms with Gasteiger partial charge in [0.15, 0.2) is 46.2 Å². The predicted octanol–water partition coefficient (Wildman–Crippen LogP) is 20.7. The lowest BCUT2D eigenvalue weighted by atomic mass is 9.82. The topological polar surface area (TPSA) is 342 Å². The number of benzene rings is 5. The second-order valence-corrected chi connectivity index (χ2v) is 29.7. The fourth-order valence-corrected chi connectivity index (χ4v) is 12.2. The first kappa shape index (κ1) is 99.6. The number of hydrogen-bond donors (Lipinski definition) is 6. The molecule has 0 aliphatic heterocycles. The van der Waals surface area contributed by atoms with Crippen LogP contribution < -0.4 is 16.5 Å². The van der Waals surface area contributed by atoms with Gasteiger partial charge in [-0.3, -0.25) is 38.4 Å². The number of aromatic carboxylic acids is 1. The van der Waals surface area contributed by atoms with E-state index in [9.17, 15) is 43.2 Å². The molecular weight excluding hydrogens is 1450 g/mol. The van der Waals surface area contributed by atoms with Gasteiger partial charge in [-0.2, -0.15) is 0 Å². The first-order chi connectivity index (χ1) is 53.9. The minimum atomic E-state index is -0.928. The Labute approximate surface area is 674 Å². The van der Waals surface area contributed by atoms with Crippen molar-refractivity contribution in [1.82, 2.24) is 26.3 Å².